The van der Waals surface area contributed by atoms with Crippen LogP contribution in [0.4, 0.5) is 16.2 Å². The number of nitrogens with two attached hydrogens (primary N) is 2. The van der Waals surface area contributed by atoms with Gasteiger partial charge in [0.15, 0.2) is 0 Å². The summed E-state index contributed by atoms with van der Waals surface area (Å²) in [5.41, 5.74) is 16.4. The molecule has 5 rings (SSSR count). The van der Waals surface area contributed by atoms with Crippen LogP contribution in [-0.2, 0) is 6.42 Å². The van der Waals surface area contributed by atoms with Gasteiger partial charge in [0.25, 0.3) is 5.91 Å². The first kappa shape index (κ1) is 24.8. The number of aromatic nitrogens is 1. The summed E-state index contributed by atoms with van der Waals surface area (Å²) in [6, 6.07) is 19.0. The summed E-state index contributed by atoms with van der Waals surface area (Å²) >= 11 is 0. The Morgan fingerprint density at radius 2 is 1.81 bits per heavy atom. The number of hydrogen-bond acceptors (Lipinski definition) is 5. The van der Waals surface area contributed by atoms with E-state index >= 15 is 0 Å². The van der Waals surface area contributed by atoms with Gasteiger partial charge in [0.2, 0.25) is 0 Å². The van der Waals surface area contributed by atoms with Crippen LogP contribution >= 0.6 is 0 Å². The van der Waals surface area contributed by atoms with Gasteiger partial charge in [-0.05, 0) is 61.2 Å². The summed E-state index contributed by atoms with van der Waals surface area (Å²) in [5.74, 6) is -0.242. The van der Waals surface area contributed by atoms with Crippen LogP contribution < -0.4 is 16.8 Å². The van der Waals surface area contributed by atoms with E-state index in [1.807, 2.05) is 54.6 Å². The monoisotopic (exact) mass is 498 g/mol. The van der Waals surface area contributed by atoms with Gasteiger partial charge in [-0.15, -0.1) is 0 Å². The number of anilines is 2. The summed E-state index contributed by atoms with van der Waals surface area (Å²) in [6.45, 7) is 4.47. The third kappa shape index (κ3) is 5.75. The minimum absolute atomic E-state index is 0.169. The number of likely N-dealkylation sites (tertiary alicyclic amines) is 2. The van der Waals surface area contributed by atoms with Gasteiger partial charge < -0.3 is 26.6 Å². The van der Waals surface area contributed by atoms with Crippen LogP contribution in [0.15, 0.2) is 66.9 Å². The summed E-state index contributed by atoms with van der Waals surface area (Å²) in [6.07, 6.45) is 5.74. The van der Waals surface area contributed by atoms with Crippen molar-refractivity contribution in [3.8, 4) is 11.1 Å². The fourth-order valence-corrected chi connectivity index (χ4v) is 5.61. The number of primary amides is 1. The fourth-order valence-electron chi connectivity index (χ4n) is 5.61. The van der Waals surface area contributed by atoms with E-state index in [0.29, 0.717) is 16.9 Å². The summed E-state index contributed by atoms with van der Waals surface area (Å²) in [4.78, 5) is 33.3. The Morgan fingerprint density at radius 3 is 2.54 bits per heavy atom. The molecule has 2 aromatic carbocycles. The molecule has 2 saturated heterocycles. The van der Waals surface area contributed by atoms with Gasteiger partial charge in [-0.2, -0.15) is 0 Å². The number of nitrogens with zero attached hydrogens (tertiary/aromatic N) is 3. The normalized spacial score (nSPS) is 19.7. The molecule has 0 bridgehead atoms. The number of carbonyl (C=O) groups is 2. The van der Waals surface area contributed by atoms with Crippen molar-refractivity contribution in [2.75, 3.05) is 43.8 Å². The minimum atomic E-state index is -0.311. The summed E-state index contributed by atoms with van der Waals surface area (Å²) < 4.78 is 0. The molecule has 1 unspecified atom stereocenters. The predicted octanol–water partition coefficient (Wildman–Crippen LogP) is 3.99. The molecule has 1 atom stereocenters. The Hall–Kier alpha value is -3.91. The summed E-state index contributed by atoms with van der Waals surface area (Å²) in [5, 5.41) is 2.93. The second-order valence-electron chi connectivity index (χ2n) is 10.3. The molecule has 1 aromatic heterocycles. The average Bonchev–Trinajstić information content (AvgIpc) is 3.33. The van der Waals surface area contributed by atoms with Crippen molar-refractivity contribution in [3.63, 3.8) is 0 Å². The molecule has 8 heteroatoms. The molecular formula is C29H34N6O2. The number of hydrogen-bond donors (Lipinski definition) is 3. The molecule has 37 heavy (non-hydrogen) atoms. The highest BCUT2D eigenvalue weighted by atomic mass is 16.2. The smallest absolute Gasteiger partial charge is 0.314 e. The van der Waals surface area contributed by atoms with E-state index in [4.69, 9.17) is 11.5 Å². The first-order valence-corrected chi connectivity index (χ1v) is 12.9. The topological polar surface area (TPSA) is 118 Å². The number of piperidine rings is 1. The average molecular weight is 499 g/mol. The van der Waals surface area contributed by atoms with Gasteiger partial charge in [-0.25, -0.2) is 4.79 Å². The Balaban J connectivity index is 1.17. The maximum Gasteiger partial charge on any atom is 0.314 e. The molecule has 5 N–H and O–H groups in total. The van der Waals surface area contributed by atoms with E-state index in [2.05, 4.69) is 15.2 Å². The quantitative estimate of drug-likeness (QED) is 0.444. The summed E-state index contributed by atoms with van der Waals surface area (Å²) in [7, 11) is 0. The van der Waals surface area contributed by atoms with Crippen molar-refractivity contribution >= 4 is 23.3 Å². The number of nitrogen functional groups attached to an aromatic ring is 1. The Kier molecular flexibility index (Phi) is 7.10. The van der Waals surface area contributed by atoms with Crippen molar-refractivity contribution in [2.45, 2.75) is 25.7 Å². The van der Waals surface area contributed by atoms with E-state index < -0.39 is 0 Å². The van der Waals surface area contributed by atoms with Gasteiger partial charge in [0.05, 0.1) is 16.9 Å². The van der Waals surface area contributed by atoms with E-state index in [-0.39, 0.29) is 17.4 Å². The largest absolute Gasteiger partial charge is 0.397 e. The zero-order chi connectivity index (χ0) is 25.8. The second kappa shape index (κ2) is 10.6. The van der Waals surface area contributed by atoms with Crippen molar-refractivity contribution in [1.82, 2.24) is 14.8 Å². The van der Waals surface area contributed by atoms with Crippen molar-refractivity contribution in [3.05, 3.63) is 78.1 Å². The van der Waals surface area contributed by atoms with Crippen molar-refractivity contribution in [2.24, 2.45) is 11.1 Å². The third-order valence-corrected chi connectivity index (χ3v) is 7.67. The number of amides is 3. The number of nitrogens with one attached hydrogen (secondary N) is 1. The molecule has 0 radical (unpaired) electrons. The molecule has 1 spiro atoms. The maximum atomic E-state index is 12.9. The zero-order valence-electron chi connectivity index (χ0n) is 21.0. The van der Waals surface area contributed by atoms with Crippen LogP contribution in [0.1, 0.15) is 35.3 Å². The molecule has 0 saturated carbocycles. The Labute approximate surface area is 217 Å². The maximum absolute atomic E-state index is 12.9. The molecular weight excluding hydrogens is 464 g/mol. The van der Waals surface area contributed by atoms with Gasteiger partial charge in [-0.1, -0.05) is 36.4 Å². The Morgan fingerprint density at radius 1 is 0.973 bits per heavy atom. The number of urea groups is 1. The number of rotatable bonds is 6. The first-order valence-electron chi connectivity index (χ1n) is 12.9. The van der Waals surface area contributed by atoms with Crippen LogP contribution in [0.3, 0.4) is 0 Å². The Bertz CT molecular complexity index is 1260. The fraction of sp³-hybridized carbons (Fsp3) is 0.345. The number of benzene rings is 2. The van der Waals surface area contributed by atoms with Crippen LogP contribution in [0, 0.1) is 5.41 Å². The predicted molar refractivity (Wildman–Crippen MR) is 146 cm³/mol. The van der Waals surface area contributed by atoms with E-state index in [9.17, 15) is 9.59 Å². The molecule has 2 fully saturated rings. The van der Waals surface area contributed by atoms with Crippen molar-refractivity contribution < 1.29 is 9.59 Å². The highest BCUT2D eigenvalue weighted by Crippen LogP contribution is 2.38. The SMILES string of the molecule is NC(=O)N1CCC2(CCCN(CCc3ccc(C(=O)Nc4cc(-c5ccccc5)ccc4N)cn3)C2)C1. The molecule has 192 valence electrons. The second-order valence-corrected chi connectivity index (χ2v) is 10.3. The molecule has 2 aliphatic rings. The van der Waals surface area contributed by atoms with Crippen LogP contribution in [0.25, 0.3) is 11.1 Å². The van der Waals surface area contributed by atoms with E-state index in [1.165, 1.54) is 0 Å². The van der Waals surface area contributed by atoms with Gasteiger partial charge in [0.1, 0.15) is 0 Å². The van der Waals surface area contributed by atoms with Gasteiger partial charge in [-0.3, -0.25) is 9.78 Å². The standard InChI is InChI=1S/C29H34N6O2/c30-25-10-8-22(21-5-2-1-3-6-21)17-26(25)33-27(36)23-7-9-24(32-18-23)11-15-34-14-4-12-29(19-34)13-16-35(20-29)28(31)37/h1-3,5-10,17-18H,4,11-16,19-20,30H2,(H2,31,37)(H,33,36). The number of carbonyl (C=O) groups excluding carboxylic acids is 2. The lowest BCUT2D eigenvalue weighted by atomic mass is 9.79. The molecule has 2 aliphatic heterocycles. The van der Waals surface area contributed by atoms with Crippen LogP contribution in [0.5, 0.6) is 0 Å². The van der Waals surface area contributed by atoms with Gasteiger partial charge >= 0.3 is 6.03 Å². The van der Waals surface area contributed by atoms with Gasteiger partial charge in [0, 0.05) is 49.9 Å². The lowest BCUT2D eigenvalue weighted by molar-refractivity contribution is 0.0964. The third-order valence-electron chi connectivity index (χ3n) is 7.67. The zero-order valence-corrected chi connectivity index (χ0v) is 21.0. The lowest BCUT2D eigenvalue weighted by Crippen LogP contribution is -2.46. The molecule has 3 aromatic rings. The highest BCUT2D eigenvalue weighted by molar-refractivity contribution is 6.06. The van der Waals surface area contributed by atoms with Crippen LogP contribution in [0.2, 0.25) is 0 Å². The first-order chi connectivity index (χ1) is 17.9. The molecule has 3 heterocycles. The lowest BCUT2D eigenvalue weighted by Gasteiger charge is -2.40. The molecule has 3 amide bonds. The van der Waals surface area contributed by atoms with E-state index in [1.54, 1.807) is 17.2 Å². The number of pyridine rings is 1. The highest BCUT2D eigenvalue weighted by Gasteiger charge is 2.42. The van der Waals surface area contributed by atoms with E-state index in [0.717, 1.165) is 75.2 Å². The van der Waals surface area contributed by atoms with Crippen LogP contribution in [-0.4, -0.2) is 59.4 Å². The molecule has 0 aliphatic carbocycles. The molecule has 8 nitrogen and oxygen atoms in total. The van der Waals surface area contributed by atoms with Crippen molar-refractivity contribution in [1.29, 1.82) is 0 Å². The minimum Gasteiger partial charge on any atom is -0.397 e.